The first kappa shape index (κ1) is 21.0. The lowest BCUT2D eigenvalue weighted by Crippen LogP contribution is -2.43. The van der Waals surface area contributed by atoms with Gasteiger partial charge in [-0.25, -0.2) is 9.18 Å². The number of imide groups is 1. The summed E-state index contributed by atoms with van der Waals surface area (Å²) in [5, 5.41) is 8.16. The molecule has 0 fully saturated rings. The molecule has 0 radical (unpaired) electrons. The Labute approximate surface area is 165 Å². The maximum absolute atomic E-state index is 13.0. The summed E-state index contributed by atoms with van der Waals surface area (Å²) < 4.78 is 17.9. The lowest BCUT2D eigenvalue weighted by atomic mass is 10.3. The van der Waals surface area contributed by atoms with Crippen molar-refractivity contribution in [1.82, 2.24) is 10.6 Å². The van der Waals surface area contributed by atoms with Gasteiger partial charge in [-0.3, -0.25) is 10.1 Å². The Bertz CT molecular complexity index is 790. The molecule has 9 heteroatoms. The fraction of sp³-hybridized carbons (Fsp3) is 0.222. The van der Waals surface area contributed by atoms with Crippen LogP contribution in [0, 0.1) is 5.82 Å². The molecule has 0 bridgehead atoms. The predicted molar refractivity (Wildman–Crippen MR) is 104 cm³/mol. The zero-order valence-electron chi connectivity index (χ0n) is 14.6. The van der Waals surface area contributed by atoms with E-state index in [9.17, 15) is 14.0 Å². The molecule has 0 aliphatic heterocycles. The van der Waals surface area contributed by atoms with E-state index in [1.54, 1.807) is 30.3 Å². The highest BCUT2D eigenvalue weighted by molar-refractivity contribution is 7.99. The first-order valence-electron chi connectivity index (χ1n) is 8.01. The van der Waals surface area contributed by atoms with E-state index in [2.05, 4.69) is 16.0 Å². The highest BCUT2D eigenvalue weighted by Gasteiger charge is 2.10. The van der Waals surface area contributed by atoms with Crippen molar-refractivity contribution in [2.45, 2.75) is 9.79 Å². The normalized spacial score (nSPS) is 10.3. The van der Waals surface area contributed by atoms with Gasteiger partial charge in [0.05, 0.1) is 18.8 Å². The summed E-state index contributed by atoms with van der Waals surface area (Å²) in [6.45, 7) is 0.539. The average Bonchev–Trinajstić information content (AvgIpc) is 2.64. The van der Waals surface area contributed by atoms with Crippen molar-refractivity contribution in [3.05, 3.63) is 53.3 Å². The van der Waals surface area contributed by atoms with Crippen molar-refractivity contribution < 1.29 is 18.7 Å². The summed E-state index contributed by atoms with van der Waals surface area (Å²) in [6, 6.07) is 10.7. The van der Waals surface area contributed by atoms with E-state index in [1.165, 1.54) is 31.0 Å². The Hall–Kier alpha value is -2.29. The molecule has 6 nitrogen and oxygen atoms in total. The van der Waals surface area contributed by atoms with Gasteiger partial charge in [-0.1, -0.05) is 23.4 Å². The molecule has 0 aliphatic rings. The molecule has 0 aliphatic carbocycles. The number of urea groups is 1. The third kappa shape index (κ3) is 7.46. The number of carbonyl (C=O) groups excluding carboxylic acids is 2. The third-order valence-corrected chi connectivity index (χ3v) is 4.59. The molecule has 3 amide bonds. The van der Waals surface area contributed by atoms with E-state index in [-0.39, 0.29) is 12.4 Å². The summed E-state index contributed by atoms with van der Waals surface area (Å²) in [5.41, 5.74) is 0.631. The van der Waals surface area contributed by atoms with Gasteiger partial charge in [-0.05, 0) is 42.5 Å². The van der Waals surface area contributed by atoms with Crippen LogP contribution in [0.1, 0.15) is 0 Å². The minimum Gasteiger partial charge on any atom is -0.383 e. The Morgan fingerprint density at radius 3 is 2.63 bits per heavy atom. The van der Waals surface area contributed by atoms with Crippen LogP contribution in [0.25, 0.3) is 0 Å². The number of hydrogen-bond donors (Lipinski definition) is 3. The molecule has 2 aromatic rings. The van der Waals surface area contributed by atoms with Gasteiger partial charge < -0.3 is 15.4 Å². The van der Waals surface area contributed by atoms with E-state index < -0.39 is 11.9 Å². The average molecular weight is 412 g/mol. The molecule has 0 saturated heterocycles. The second-order valence-electron chi connectivity index (χ2n) is 5.35. The number of amides is 3. The quantitative estimate of drug-likeness (QED) is 0.579. The Balaban J connectivity index is 1.95. The lowest BCUT2D eigenvalue weighted by Gasteiger charge is -2.12. The van der Waals surface area contributed by atoms with Crippen LogP contribution in [-0.2, 0) is 9.53 Å². The van der Waals surface area contributed by atoms with Crippen molar-refractivity contribution in [3.63, 3.8) is 0 Å². The number of methoxy groups -OCH3 is 1. The first-order valence-corrected chi connectivity index (χ1v) is 9.21. The number of hydrogen-bond acceptors (Lipinski definition) is 5. The van der Waals surface area contributed by atoms with Crippen molar-refractivity contribution in [2.75, 3.05) is 32.1 Å². The highest BCUT2D eigenvalue weighted by atomic mass is 35.5. The number of benzene rings is 2. The van der Waals surface area contributed by atoms with Crippen molar-refractivity contribution in [1.29, 1.82) is 0 Å². The van der Waals surface area contributed by atoms with Crippen LogP contribution < -0.4 is 16.0 Å². The van der Waals surface area contributed by atoms with Gasteiger partial charge in [-0.2, -0.15) is 0 Å². The molecule has 3 N–H and O–H groups in total. The van der Waals surface area contributed by atoms with E-state index in [0.29, 0.717) is 23.9 Å². The van der Waals surface area contributed by atoms with Crippen LogP contribution in [-0.4, -0.2) is 38.7 Å². The maximum atomic E-state index is 13.0. The monoisotopic (exact) mass is 411 g/mol. The molecule has 2 aromatic carbocycles. The number of halogens is 2. The largest absolute Gasteiger partial charge is 0.383 e. The molecular formula is C18H19ClFN3O3S. The smallest absolute Gasteiger partial charge is 0.321 e. The number of rotatable bonds is 8. The van der Waals surface area contributed by atoms with Crippen LogP contribution in [0.5, 0.6) is 0 Å². The van der Waals surface area contributed by atoms with E-state index in [0.717, 1.165) is 9.79 Å². The fourth-order valence-corrected chi connectivity index (χ4v) is 3.09. The molecular weight excluding hydrogens is 393 g/mol. The van der Waals surface area contributed by atoms with Crippen molar-refractivity contribution >= 4 is 41.0 Å². The van der Waals surface area contributed by atoms with Crippen LogP contribution in [0.2, 0.25) is 5.02 Å². The Morgan fingerprint density at radius 1 is 1.19 bits per heavy atom. The first-order chi connectivity index (χ1) is 13.0. The van der Waals surface area contributed by atoms with E-state index >= 15 is 0 Å². The standard InChI is InChI=1S/C18H19ClFN3O3S/c1-26-9-8-21-18(25)23-17(24)11-22-15-10-12(19)2-7-16(15)27-14-5-3-13(20)4-6-14/h2-7,10,22H,8-9,11H2,1H3,(H2,21,23,24,25). The van der Waals surface area contributed by atoms with Crippen LogP contribution in [0.3, 0.4) is 0 Å². The van der Waals surface area contributed by atoms with Gasteiger partial charge in [0.15, 0.2) is 0 Å². The van der Waals surface area contributed by atoms with Gasteiger partial charge >= 0.3 is 6.03 Å². The number of ether oxygens (including phenoxy) is 1. The molecule has 0 saturated carbocycles. The fourth-order valence-electron chi connectivity index (χ4n) is 2.02. The number of carbonyl (C=O) groups is 2. The third-order valence-electron chi connectivity index (χ3n) is 3.27. The number of nitrogens with one attached hydrogen (secondary N) is 3. The van der Waals surface area contributed by atoms with Crippen LogP contribution in [0.4, 0.5) is 14.9 Å². The highest BCUT2D eigenvalue weighted by Crippen LogP contribution is 2.35. The lowest BCUT2D eigenvalue weighted by molar-refractivity contribution is -0.118. The molecule has 2 rings (SSSR count). The Morgan fingerprint density at radius 2 is 1.93 bits per heavy atom. The number of anilines is 1. The molecule has 0 atom stereocenters. The Kier molecular flexibility index (Phi) is 8.38. The van der Waals surface area contributed by atoms with Gasteiger partial charge in [0.2, 0.25) is 5.91 Å². The zero-order chi connectivity index (χ0) is 19.6. The summed E-state index contributed by atoms with van der Waals surface area (Å²) in [4.78, 5) is 25.1. The summed E-state index contributed by atoms with van der Waals surface area (Å²) >= 11 is 7.43. The molecule has 144 valence electrons. The van der Waals surface area contributed by atoms with Gasteiger partial charge in [0.25, 0.3) is 0 Å². The summed E-state index contributed by atoms with van der Waals surface area (Å²) in [6.07, 6.45) is 0. The molecule has 0 aromatic heterocycles. The molecule has 27 heavy (non-hydrogen) atoms. The SMILES string of the molecule is COCCNC(=O)NC(=O)CNc1cc(Cl)ccc1Sc1ccc(F)cc1. The summed E-state index contributed by atoms with van der Waals surface area (Å²) in [7, 11) is 1.52. The molecule has 0 heterocycles. The minimum absolute atomic E-state index is 0.116. The topological polar surface area (TPSA) is 79.5 Å². The van der Waals surface area contributed by atoms with E-state index in [1.807, 2.05) is 0 Å². The second kappa shape index (κ2) is 10.8. The van der Waals surface area contributed by atoms with Gasteiger partial charge in [0, 0.05) is 28.5 Å². The predicted octanol–water partition coefficient (Wildman–Crippen LogP) is 3.51. The maximum Gasteiger partial charge on any atom is 0.321 e. The summed E-state index contributed by atoms with van der Waals surface area (Å²) in [5.74, 6) is -0.808. The van der Waals surface area contributed by atoms with Gasteiger partial charge in [-0.15, -0.1) is 0 Å². The van der Waals surface area contributed by atoms with Crippen LogP contribution in [0.15, 0.2) is 52.3 Å². The second-order valence-corrected chi connectivity index (χ2v) is 6.90. The molecule has 0 spiro atoms. The van der Waals surface area contributed by atoms with Gasteiger partial charge in [0.1, 0.15) is 5.82 Å². The van der Waals surface area contributed by atoms with Crippen molar-refractivity contribution in [2.24, 2.45) is 0 Å². The minimum atomic E-state index is -0.592. The zero-order valence-corrected chi connectivity index (χ0v) is 16.1. The van der Waals surface area contributed by atoms with Crippen LogP contribution >= 0.6 is 23.4 Å². The van der Waals surface area contributed by atoms with E-state index in [4.69, 9.17) is 16.3 Å². The van der Waals surface area contributed by atoms with Crippen molar-refractivity contribution in [3.8, 4) is 0 Å². The molecule has 0 unspecified atom stereocenters.